The van der Waals surface area contributed by atoms with Crippen molar-refractivity contribution in [3.8, 4) is 11.6 Å². The number of furan rings is 1. The Hall–Kier alpha value is -3.61. The van der Waals surface area contributed by atoms with Gasteiger partial charge in [0, 0.05) is 11.9 Å². The van der Waals surface area contributed by atoms with E-state index in [2.05, 4.69) is 15.6 Å². The molecule has 1 aliphatic heterocycles. The molecular formula is C17H11N3O4. The number of nitrogens with one attached hydrogen (secondary N) is 2. The standard InChI is InChI=1S/C17H11N3O4/c21-15-11-9-10(19-16(22)14-4-2-8-23-14)5-6-13(11)24-17-12(20-15)3-1-7-18-17/h1-9H,(H,19,22)(H,20,21). The molecule has 2 aromatic heterocycles. The summed E-state index contributed by atoms with van der Waals surface area (Å²) in [6, 6.07) is 11.4. The highest BCUT2D eigenvalue weighted by molar-refractivity contribution is 6.09. The summed E-state index contributed by atoms with van der Waals surface area (Å²) >= 11 is 0. The molecule has 2 N–H and O–H groups in total. The van der Waals surface area contributed by atoms with Crippen LogP contribution in [0.1, 0.15) is 20.9 Å². The zero-order chi connectivity index (χ0) is 16.5. The third-order valence-corrected chi connectivity index (χ3v) is 3.45. The van der Waals surface area contributed by atoms with Crippen LogP contribution in [-0.4, -0.2) is 16.8 Å². The first-order chi connectivity index (χ1) is 11.7. The third-order valence-electron chi connectivity index (χ3n) is 3.45. The number of hydrogen-bond donors (Lipinski definition) is 2. The van der Waals surface area contributed by atoms with Crippen LogP contribution in [0.4, 0.5) is 11.4 Å². The van der Waals surface area contributed by atoms with E-state index in [1.165, 1.54) is 12.3 Å². The monoisotopic (exact) mass is 321 g/mol. The minimum atomic E-state index is -0.403. The quantitative estimate of drug-likeness (QED) is 0.755. The van der Waals surface area contributed by atoms with Gasteiger partial charge in [-0.25, -0.2) is 4.98 Å². The van der Waals surface area contributed by atoms with Crippen LogP contribution in [0.5, 0.6) is 11.6 Å². The van der Waals surface area contributed by atoms with Gasteiger partial charge in [-0.1, -0.05) is 0 Å². The number of pyridine rings is 1. The normalized spacial score (nSPS) is 12.2. The molecule has 0 bridgehead atoms. The maximum atomic E-state index is 12.4. The lowest BCUT2D eigenvalue weighted by Gasteiger charge is -2.08. The van der Waals surface area contributed by atoms with Crippen LogP contribution in [0.15, 0.2) is 59.3 Å². The fourth-order valence-electron chi connectivity index (χ4n) is 2.34. The molecule has 2 amide bonds. The molecular weight excluding hydrogens is 310 g/mol. The van der Waals surface area contributed by atoms with E-state index in [1.807, 2.05) is 0 Å². The highest BCUT2D eigenvalue weighted by Gasteiger charge is 2.22. The van der Waals surface area contributed by atoms with E-state index in [9.17, 15) is 9.59 Å². The molecule has 0 unspecified atom stereocenters. The summed E-state index contributed by atoms with van der Waals surface area (Å²) in [5, 5.41) is 5.40. The van der Waals surface area contributed by atoms with Gasteiger partial charge in [0.2, 0.25) is 5.88 Å². The zero-order valence-corrected chi connectivity index (χ0v) is 12.3. The molecule has 0 saturated heterocycles. The fraction of sp³-hybridized carbons (Fsp3) is 0. The first kappa shape index (κ1) is 14.0. The fourth-order valence-corrected chi connectivity index (χ4v) is 2.34. The molecule has 24 heavy (non-hydrogen) atoms. The largest absolute Gasteiger partial charge is 0.459 e. The maximum absolute atomic E-state index is 12.4. The summed E-state index contributed by atoms with van der Waals surface area (Å²) in [5.41, 5.74) is 1.23. The lowest BCUT2D eigenvalue weighted by atomic mass is 10.1. The molecule has 0 aliphatic carbocycles. The average molecular weight is 321 g/mol. The summed E-state index contributed by atoms with van der Waals surface area (Å²) in [6.07, 6.45) is 2.99. The van der Waals surface area contributed by atoms with E-state index < -0.39 is 5.91 Å². The van der Waals surface area contributed by atoms with Crippen molar-refractivity contribution >= 4 is 23.2 Å². The first-order valence-corrected chi connectivity index (χ1v) is 7.14. The minimum absolute atomic E-state index is 0.183. The van der Waals surface area contributed by atoms with Gasteiger partial charge in [0.05, 0.1) is 11.8 Å². The molecule has 7 heteroatoms. The predicted molar refractivity (Wildman–Crippen MR) is 85.4 cm³/mol. The lowest BCUT2D eigenvalue weighted by Crippen LogP contribution is -2.13. The Kier molecular flexibility index (Phi) is 3.24. The molecule has 7 nitrogen and oxygen atoms in total. The number of anilines is 2. The number of benzene rings is 1. The summed E-state index contributed by atoms with van der Waals surface area (Å²) < 4.78 is 10.7. The van der Waals surface area contributed by atoms with Crippen molar-refractivity contribution < 1.29 is 18.7 Å². The molecule has 0 radical (unpaired) electrons. The summed E-state index contributed by atoms with van der Waals surface area (Å²) in [4.78, 5) is 28.5. The molecule has 0 fully saturated rings. The van der Waals surface area contributed by atoms with Crippen molar-refractivity contribution in [2.24, 2.45) is 0 Å². The van der Waals surface area contributed by atoms with Crippen molar-refractivity contribution in [3.63, 3.8) is 0 Å². The molecule has 1 aliphatic rings. The van der Waals surface area contributed by atoms with Crippen molar-refractivity contribution in [1.29, 1.82) is 0 Å². The molecule has 0 atom stereocenters. The van der Waals surface area contributed by atoms with Gasteiger partial charge in [-0.15, -0.1) is 0 Å². The van der Waals surface area contributed by atoms with Gasteiger partial charge in [0.25, 0.3) is 11.8 Å². The number of carbonyl (C=O) groups is 2. The second kappa shape index (κ2) is 5.54. The second-order valence-electron chi connectivity index (χ2n) is 5.05. The van der Waals surface area contributed by atoms with Crippen molar-refractivity contribution in [2.75, 3.05) is 10.6 Å². The van der Waals surface area contributed by atoms with Gasteiger partial charge in [0.15, 0.2) is 5.76 Å². The Morgan fingerprint density at radius 2 is 2.08 bits per heavy atom. The molecule has 118 valence electrons. The molecule has 3 aromatic rings. The van der Waals surface area contributed by atoms with Crippen LogP contribution < -0.4 is 15.4 Å². The molecule has 3 heterocycles. The minimum Gasteiger partial charge on any atom is -0.459 e. The highest BCUT2D eigenvalue weighted by atomic mass is 16.5. The summed E-state index contributed by atoms with van der Waals surface area (Å²) in [5.74, 6) is 0.117. The lowest BCUT2D eigenvalue weighted by molar-refractivity contribution is 0.0993. The van der Waals surface area contributed by atoms with Gasteiger partial charge < -0.3 is 19.8 Å². The van der Waals surface area contributed by atoms with Crippen LogP contribution in [0, 0.1) is 0 Å². The van der Waals surface area contributed by atoms with Gasteiger partial charge in [-0.2, -0.15) is 0 Å². The number of hydrogen-bond acceptors (Lipinski definition) is 5. The van der Waals surface area contributed by atoms with E-state index in [4.69, 9.17) is 9.15 Å². The SMILES string of the molecule is O=C(Nc1ccc2c(c1)C(=O)Nc1cccnc1O2)c1ccco1. The number of aromatic nitrogens is 1. The van der Waals surface area contributed by atoms with E-state index >= 15 is 0 Å². The Morgan fingerprint density at radius 1 is 1.17 bits per heavy atom. The summed E-state index contributed by atoms with van der Waals surface area (Å²) in [6.45, 7) is 0. The van der Waals surface area contributed by atoms with Crippen LogP contribution in [0.3, 0.4) is 0 Å². The van der Waals surface area contributed by atoms with E-state index in [0.29, 0.717) is 28.6 Å². The Bertz CT molecular complexity index is 935. The Labute approximate surface area is 136 Å². The predicted octanol–water partition coefficient (Wildman–Crippen LogP) is 3.28. The van der Waals surface area contributed by atoms with Crippen LogP contribution in [0.25, 0.3) is 0 Å². The van der Waals surface area contributed by atoms with Crippen LogP contribution >= 0.6 is 0 Å². The number of amides is 2. The number of ether oxygens (including phenoxy) is 1. The molecule has 1 aromatic carbocycles. The topological polar surface area (TPSA) is 93.5 Å². The van der Waals surface area contributed by atoms with Crippen LogP contribution in [-0.2, 0) is 0 Å². The van der Waals surface area contributed by atoms with E-state index in [1.54, 1.807) is 42.6 Å². The molecule has 0 spiro atoms. The van der Waals surface area contributed by atoms with Gasteiger partial charge in [0.1, 0.15) is 11.4 Å². The van der Waals surface area contributed by atoms with Crippen LogP contribution in [0.2, 0.25) is 0 Å². The summed E-state index contributed by atoms with van der Waals surface area (Å²) in [7, 11) is 0. The van der Waals surface area contributed by atoms with Crippen molar-refractivity contribution in [1.82, 2.24) is 4.98 Å². The Balaban J connectivity index is 1.65. The average Bonchev–Trinajstić information content (AvgIpc) is 3.08. The smallest absolute Gasteiger partial charge is 0.291 e. The zero-order valence-electron chi connectivity index (χ0n) is 12.3. The van der Waals surface area contributed by atoms with Gasteiger partial charge >= 0.3 is 0 Å². The van der Waals surface area contributed by atoms with Crippen molar-refractivity contribution in [2.45, 2.75) is 0 Å². The number of fused-ring (bicyclic) bond motifs is 2. The number of carbonyl (C=O) groups excluding carboxylic acids is 2. The third kappa shape index (κ3) is 2.48. The number of rotatable bonds is 2. The number of nitrogens with zero attached hydrogens (tertiary/aromatic N) is 1. The van der Waals surface area contributed by atoms with Gasteiger partial charge in [-0.05, 0) is 42.5 Å². The first-order valence-electron chi connectivity index (χ1n) is 7.14. The molecule has 4 rings (SSSR count). The second-order valence-corrected chi connectivity index (χ2v) is 5.05. The van der Waals surface area contributed by atoms with Crippen molar-refractivity contribution in [3.05, 3.63) is 66.2 Å². The molecule has 0 saturated carbocycles. The van der Waals surface area contributed by atoms with E-state index in [0.717, 1.165) is 0 Å². The highest BCUT2D eigenvalue weighted by Crippen LogP contribution is 2.34. The maximum Gasteiger partial charge on any atom is 0.291 e. The van der Waals surface area contributed by atoms with Gasteiger partial charge in [-0.3, -0.25) is 9.59 Å². The Morgan fingerprint density at radius 3 is 2.92 bits per heavy atom. The van der Waals surface area contributed by atoms with E-state index in [-0.39, 0.29) is 11.7 Å².